The monoisotopic (exact) mass is 388 g/mol. The van der Waals surface area contributed by atoms with Gasteiger partial charge in [-0.1, -0.05) is 17.7 Å². The molecule has 27 heavy (non-hydrogen) atoms. The highest BCUT2D eigenvalue weighted by Gasteiger charge is 2.50. The van der Waals surface area contributed by atoms with Crippen molar-refractivity contribution in [3.8, 4) is 17.2 Å². The van der Waals surface area contributed by atoms with Crippen LogP contribution in [0.3, 0.4) is 0 Å². The maximum atomic E-state index is 13.0. The molecule has 1 amide bonds. The van der Waals surface area contributed by atoms with Gasteiger partial charge in [-0.3, -0.25) is 9.69 Å². The molecule has 142 valence electrons. The van der Waals surface area contributed by atoms with Gasteiger partial charge in [-0.25, -0.2) is 0 Å². The summed E-state index contributed by atoms with van der Waals surface area (Å²) in [6, 6.07) is 10.6. The molecule has 4 rings (SSSR count). The summed E-state index contributed by atoms with van der Waals surface area (Å²) in [5, 5.41) is 10.6. The van der Waals surface area contributed by atoms with E-state index < -0.39 is 0 Å². The van der Waals surface area contributed by atoms with E-state index in [-0.39, 0.29) is 23.7 Å². The van der Waals surface area contributed by atoms with Gasteiger partial charge in [0, 0.05) is 18.1 Å². The standard InChI is InChI=1S/C20H21ClN2O4/c1-26-18-6-4-13(21)8-15(18)23-14-9-16(20(23)25)22(11-14)10-12-3-5-19(27-2)17(24)7-12/h3-8,14,16,24H,9-11H2,1-2H3/t14-,16-/m0/s1. The van der Waals surface area contributed by atoms with Crippen molar-refractivity contribution in [1.29, 1.82) is 0 Å². The molecule has 2 aliphatic rings. The quantitative estimate of drug-likeness (QED) is 0.853. The van der Waals surface area contributed by atoms with Crippen LogP contribution in [0.25, 0.3) is 0 Å². The number of likely N-dealkylation sites (tertiary alicyclic amines) is 1. The molecule has 0 spiro atoms. The number of carbonyl (C=O) groups excluding carboxylic acids is 1. The van der Waals surface area contributed by atoms with Crippen LogP contribution in [0.5, 0.6) is 17.2 Å². The van der Waals surface area contributed by atoms with Crippen LogP contribution < -0.4 is 14.4 Å². The lowest BCUT2D eigenvalue weighted by Crippen LogP contribution is -2.50. The molecule has 7 heteroatoms. The van der Waals surface area contributed by atoms with Gasteiger partial charge in [0.25, 0.3) is 0 Å². The van der Waals surface area contributed by atoms with Crippen molar-refractivity contribution >= 4 is 23.2 Å². The second kappa shape index (κ2) is 6.94. The highest BCUT2D eigenvalue weighted by atomic mass is 35.5. The number of ether oxygens (including phenoxy) is 2. The van der Waals surface area contributed by atoms with Crippen LogP contribution in [0.15, 0.2) is 36.4 Å². The Bertz CT molecular complexity index is 888. The Labute approximate surface area is 162 Å². The zero-order chi connectivity index (χ0) is 19.1. The van der Waals surface area contributed by atoms with Crippen molar-refractivity contribution in [1.82, 2.24) is 4.90 Å². The van der Waals surface area contributed by atoms with Crippen LogP contribution >= 0.6 is 11.6 Å². The molecule has 2 bridgehead atoms. The molecule has 6 nitrogen and oxygen atoms in total. The third-order valence-electron chi connectivity index (χ3n) is 5.30. The number of hydrogen-bond donors (Lipinski definition) is 1. The Morgan fingerprint density at radius 1 is 1.15 bits per heavy atom. The fourth-order valence-corrected chi connectivity index (χ4v) is 4.24. The summed E-state index contributed by atoms with van der Waals surface area (Å²) >= 11 is 6.14. The van der Waals surface area contributed by atoms with Gasteiger partial charge in [-0.05, 0) is 42.3 Å². The van der Waals surface area contributed by atoms with E-state index in [0.717, 1.165) is 24.2 Å². The third-order valence-corrected chi connectivity index (χ3v) is 5.53. The van der Waals surface area contributed by atoms with Crippen LogP contribution in [0, 0.1) is 0 Å². The van der Waals surface area contributed by atoms with Crippen molar-refractivity contribution in [2.24, 2.45) is 0 Å². The number of halogens is 1. The first-order chi connectivity index (χ1) is 13.0. The predicted molar refractivity (Wildman–Crippen MR) is 103 cm³/mol. The first-order valence-corrected chi connectivity index (χ1v) is 9.16. The lowest BCUT2D eigenvalue weighted by molar-refractivity contribution is -0.122. The normalized spacial score (nSPS) is 21.7. The fraction of sp³-hybridized carbons (Fsp3) is 0.350. The number of fused-ring (bicyclic) bond motifs is 2. The summed E-state index contributed by atoms with van der Waals surface area (Å²) < 4.78 is 10.5. The van der Waals surface area contributed by atoms with E-state index in [4.69, 9.17) is 21.1 Å². The van der Waals surface area contributed by atoms with E-state index >= 15 is 0 Å². The molecule has 2 heterocycles. The number of phenols is 1. The summed E-state index contributed by atoms with van der Waals surface area (Å²) in [5.74, 6) is 1.25. The zero-order valence-electron chi connectivity index (χ0n) is 15.2. The van der Waals surface area contributed by atoms with Crippen molar-refractivity contribution < 1.29 is 19.4 Å². The van der Waals surface area contributed by atoms with Gasteiger partial charge in [0.05, 0.1) is 32.0 Å². The average Bonchev–Trinajstić information content (AvgIpc) is 3.19. The number of methoxy groups -OCH3 is 2. The van der Waals surface area contributed by atoms with Gasteiger partial charge in [-0.15, -0.1) is 0 Å². The average molecular weight is 389 g/mol. The molecular weight excluding hydrogens is 368 g/mol. The summed E-state index contributed by atoms with van der Waals surface area (Å²) in [4.78, 5) is 17.0. The van der Waals surface area contributed by atoms with Crippen molar-refractivity contribution in [2.45, 2.75) is 25.0 Å². The van der Waals surface area contributed by atoms with Crippen molar-refractivity contribution in [3.05, 3.63) is 47.0 Å². The summed E-state index contributed by atoms with van der Waals surface area (Å²) in [6.07, 6.45) is 0.774. The number of aromatic hydroxyl groups is 1. The number of carbonyl (C=O) groups is 1. The first-order valence-electron chi connectivity index (χ1n) is 8.78. The minimum atomic E-state index is -0.178. The number of benzene rings is 2. The molecule has 1 N–H and O–H groups in total. The van der Waals surface area contributed by atoms with E-state index in [9.17, 15) is 9.90 Å². The van der Waals surface area contributed by atoms with Gasteiger partial charge in [0.2, 0.25) is 5.91 Å². The number of rotatable bonds is 5. The summed E-state index contributed by atoms with van der Waals surface area (Å²) in [6.45, 7) is 1.36. The zero-order valence-corrected chi connectivity index (χ0v) is 15.9. The van der Waals surface area contributed by atoms with E-state index in [1.807, 2.05) is 11.0 Å². The minimum absolute atomic E-state index is 0.0598. The second-order valence-corrected chi connectivity index (χ2v) is 7.30. The Balaban J connectivity index is 1.53. The SMILES string of the molecule is COc1ccc(CN2C[C@@H]3C[C@H]2C(=O)N3c2cc(Cl)ccc2OC)cc1O. The maximum Gasteiger partial charge on any atom is 0.244 e. The predicted octanol–water partition coefficient (Wildman–Crippen LogP) is 3.05. The Hall–Kier alpha value is -2.44. The lowest BCUT2D eigenvalue weighted by atomic mass is 10.1. The molecule has 2 aromatic carbocycles. The first kappa shape index (κ1) is 17.9. The number of anilines is 1. The number of hydrogen-bond acceptors (Lipinski definition) is 5. The molecular formula is C20H21ClN2O4. The molecule has 2 saturated heterocycles. The molecule has 2 atom stereocenters. The highest BCUT2D eigenvalue weighted by Crippen LogP contribution is 2.41. The summed E-state index contributed by atoms with van der Waals surface area (Å²) in [5.41, 5.74) is 1.67. The summed E-state index contributed by atoms with van der Waals surface area (Å²) in [7, 11) is 3.11. The van der Waals surface area contributed by atoms with Gasteiger partial charge in [0.1, 0.15) is 5.75 Å². The van der Waals surface area contributed by atoms with Gasteiger partial charge in [0.15, 0.2) is 11.5 Å². The maximum absolute atomic E-state index is 13.0. The molecule has 2 fully saturated rings. The van der Waals surface area contributed by atoms with Crippen molar-refractivity contribution in [3.63, 3.8) is 0 Å². The Morgan fingerprint density at radius 2 is 1.89 bits per heavy atom. The van der Waals surface area contributed by atoms with Crippen LogP contribution in [0.1, 0.15) is 12.0 Å². The molecule has 0 saturated carbocycles. The highest BCUT2D eigenvalue weighted by molar-refractivity contribution is 6.31. The van der Waals surface area contributed by atoms with E-state index in [1.165, 1.54) is 7.11 Å². The molecule has 2 aromatic rings. The van der Waals surface area contributed by atoms with Crippen molar-refractivity contribution in [2.75, 3.05) is 25.7 Å². The third kappa shape index (κ3) is 3.09. The largest absolute Gasteiger partial charge is 0.504 e. The number of piperazine rings is 1. The van der Waals surface area contributed by atoms with Crippen LogP contribution in [0.4, 0.5) is 5.69 Å². The Kier molecular flexibility index (Phi) is 4.61. The van der Waals surface area contributed by atoms with Crippen LogP contribution in [-0.2, 0) is 11.3 Å². The van der Waals surface area contributed by atoms with Gasteiger partial charge >= 0.3 is 0 Å². The lowest BCUT2D eigenvalue weighted by Gasteiger charge is -2.34. The van der Waals surface area contributed by atoms with E-state index in [1.54, 1.807) is 37.4 Å². The van der Waals surface area contributed by atoms with Crippen LogP contribution in [-0.4, -0.2) is 48.8 Å². The number of amides is 1. The number of nitrogens with zero attached hydrogens (tertiary/aromatic N) is 2. The molecule has 2 aliphatic heterocycles. The second-order valence-electron chi connectivity index (χ2n) is 6.87. The molecule has 0 radical (unpaired) electrons. The van der Waals surface area contributed by atoms with Gasteiger partial charge < -0.3 is 19.5 Å². The molecule has 0 aliphatic carbocycles. The molecule has 0 unspecified atom stereocenters. The van der Waals surface area contributed by atoms with Crippen LogP contribution in [0.2, 0.25) is 5.02 Å². The topological polar surface area (TPSA) is 62.2 Å². The smallest absolute Gasteiger partial charge is 0.244 e. The van der Waals surface area contributed by atoms with Gasteiger partial charge in [-0.2, -0.15) is 0 Å². The molecule has 0 aromatic heterocycles. The Morgan fingerprint density at radius 3 is 2.56 bits per heavy atom. The number of phenolic OH excluding ortho intramolecular Hbond substituents is 1. The minimum Gasteiger partial charge on any atom is -0.504 e. The van der Waals surface area contributed by atoms with E-state index in [2.05, 4.69) is 4.90 Å². The van der Waals surface area contributed by atoms with E-state index in [0.29, 0.717) is 23.1 Å². The fourth-order valence-electron chi connectivity index (χ4n) is 4.07.